The predicted octanol–water partition coefficient (Wildman–Crippen LogP) is 0.974. The third-order valence-electron chi connectivity index (χ3n) is 2.14. The highest BCUT2D eigenvalue weighted by molar-refractivity contribution is 7.90. The van der Waals surface area contributed by atoms with Crippen LogP contribution >= 0.6 is 0 Å². The van der Waals surface area contributed by atoms with Gasteiger partial charge in [-0.25, -0.2) is 17.9 Å². The minimum absolute atomic E-state index is 0.0376. The van der Waals surface area contributed by atoms with Crippen LogP contribution in [0.25, 0.3) is 0 Å². The van der Waals surface area contributed by atoms with Gasteiger partial charge in [-0.3, -0.25) is 0 Å². The summed E-state index contributed by atoms with van der Waals surface area (Å²) in [5.41, 5.74) is 6.50. The van der Waals surface area contributed by atoms with E-state index in [4.69, 9.17) is 5.73 Å². The Morgan fingerprint density at radius 3 is 2.44 bits per heavy atom. The number of nitrogen functional groups attached to an aromatic ring is 1. The van der Waals surface area contributed by atoms with Gasteiger partial charge in [-0.05, 0) is 44.5 Å². The highest BCUT2D eigenvalue weighted by atomic mass is 32.2. The largest absolute Gasteiger partial charge is 0.399 e. The first-order valence-corrected chi connectivity index (χ1v) is 6.90. The summed E-state index contributed by atoms with van der Waals surface area (Å²) in [5, 5.41) is 2.45. The Kier molecular flexibility index (Phi) is 4.18. The lowest BCUT2D eigenvalue weighted by Gasteiger charge is -2.12. The van der Waals surface area contributed by atoms with Crippen LogP contribution in [0.3, 0.4) is 0 Å². The van der Waals surface area contributed by atoms with Crippen molar-refractivity contribution in [3.8, 4) is 0 Å². The molecule has 4 N–H and O–H groups in total. The average molecular weight is 271 g/mol. The van der Waals surface area contributed by atoms with Gasteiger partial charge in [-0.1, -0.05) is 0 Å². The first-order valence-electron chi connectivity index (χ1n) is 5.42. The Morgan fingerprint density at radius 2 is 1.94 bits per heavy atom. The molecule has 7 heteroatoms. The van der Waals surface area contributed by atoms with E-state index in [0.717, 1.165) is 0 Å². The molecule has 0 radical (unpaired) electrons. The van der Waals surface area contributed by atoms with Gasteiger partial charge >= 0.3 is 6.03 Å². The van der Waals surface area contributed by atoms with E-state index >= 15 is 0 Å². The number of nitrogens with two attached hydrogens (primary N) is 1. The fourth-order valence-corrected chi connectivity index (χ4v) is 2.59. The number of hydrogen-bond acceptors (Lipinski definition) is 4. The minimum atomic E-state index is -3.87. The molecular formula is C11H17N3O3S. The van der Waals surface area contributed by atoms with Crippen molar-refractivity contribution in [2.24, 2.45) is 0 Å². The lowest BCUT2D eigenvalue weighted by molar-refractivity contribution is 0.243. The number of rotatable bonds is 3. The number of hydrogen-bond donors (Lipinski definition) is 3. The molecule has 18 heavy (non-hydrogen) atoms. The molecule has 0 fully saturated rings. The van der Waals surface area contributed by atoms with E-state index in [1.165, 1.54) is 18.2 Å². The zero-order valence-electron chi connectivity index (χ0n) is 10.5. The van der Waals surface area contributed by atoms with Gasteiger partial charge in [0.15, 0.2) is 0 Å². The van der Waals surface area contributed by atoms with E-state index in [-0.39, 0.29) is 10.9 Å². The van der Waals surface area contributed by atoms with Gasteiger partial charge in [0.1, 0.15) is 0 Å². The molecule has 0 bridgehead atoms. The number of nitrogens with one attached hydrogen (secondary N) is 2. The second-order valence-corrected chi connectivity index (χ2v) is 5.91. The maximum absolute atomic E-state index is 11.9. The number of anilines is 1. The van der Waals surface area contributed by atoms with E-state index in [0.29, 0.717) is 11.3 Å². The molecule has 0 aliphatic rings. The molecular weight excluding hydrogens is 254 g/mol. The van der Waals surface area contributed by atoms with Crippen LogP contribution < -0.4 is 15.8 Å². The van der Waals surface area contributed by atoms with Crippen LogP contribution in [0.1, 0.15) is 19.4 Å². The number of carbonyl (C=O) groups excluding carboxylic acids is 1. The molecule has 0 atom stereocenters. The minimum Gasteiger partial charge on any atom is -0.399 e. The summed E-state index contributed by atoms with van der Waals surface area (Å²) in [7, 11) is -3.87. The van der Waals surface area contributed by atoms with Crippen molar-refractivity contribution in [2.45, 2.75) is 31.7 Å². The first kappa shape index (κ1) is 14.3. The molecule has 0 aliphatic carbocycles. The fraction of sp³-hybridized carbons (Fsp3) is 0.364. The summed E-state index contributed by atoms with van der Waals surface area (Å²) < 4.78 is 25.8. The van der Waals surface area contributed by atoms with E-state index in [1.54, 1.807) is 20.8 Å². The molecule has 0 aromatic heterocycles. The lowest BCUT2D eigenvalue weighted by Crippen LogP contribution is -2.42. The lowest BCUT2D eigenvalue weighted by atomic mass is 10.2. The molecule has 1 aromatic carbocycles. The molecule has 1 aromatic rings. The Bertz CT molecular complexity index is 553. The zero-order valence-corrected chi connectivity index (χ0v) is 11.3. The quantitative estimate of drug-likeness (QED) is 0.713. The summed E-state index contributed by atoms with van der Waals surface area (Å²) in [5.74, 6) is 0. The average Bonchev–Trinajstić information content (AvgIpc) is 2.13. The zero-order chi connectivity index (χ0) is 13.9. The summed E-state index contributed by atoms with van der Waals surface area (Å²) in [6, 6.07) is 3.49. The topological polar surface area (TPSA) is 101 Å². The van der Waals surface area contributed by atoms with Crippen molar-refractivity contribution in [2.75, 3.05) is 5.73 Å². The van der Waals surface area contributed by atoms with Crippen LogP contribution in [-0.2, 0) is 10.0 Å². The van der Waals surface area contributed by atoms with Gasteiger partial charge in [0, 0.05) is 11.7 Å². The van der Waals surface area contributed by atoms with Gasteiger partial charge in [0.05, 0.1) is 4.90 Å². The van der Waals surface area contributed by atoms with Crippen molar-refractivity contribution in [3.05, 3.63) is 23.8 Å². The maximum atomic E-state index is 11.9. The van der Waals surface area contributed by atoms with Gasteiger partial charge in [0.25, 0.3) is 10.0 Å². The normalized spacial score (nSPS) is 11.3. The molecule has 0 heterocycles. The van der Waals surface area contributed by atoms with Gasteiger partial charge in [-0.2, -0.15) is 0 Å². The summed E-state index contributed by atoms with van der Waals surface area (Å²) in [6.45, 7) is 5.09. The number of amides is 2. The van der Waals surface area contributed by atoms with Crippen LogP contribution in [0.5, 0.6) is 0 Å². The monoisotopic (exact) mass is 271 g/mol. The smallest absolute Gasteiger partial charge is 0.328 e. The van der Waals surface area contributed by atoms with Crippen molar-refractivity contribution < 1.29 is 13.2 Å². The fourth-order valence-electron chi connectivity index (χ4n) is 1.44. The molecule has 0 aliphatic heterocycles. The van der Waals surface area contributed by atoms with E-state index in [2.05, 4.69) is 5.32 Å². The molecule has 6 nitrogen and oxygen atoms in total. The van der Waals surface area contributed by atoms with Gasteiger partial charge in [-0.15, -0.1) is 0 Å². The van der Waals surface area contributed by atoms with Crippen LogP contribution in [0.4, 0.5) is 10.5 Å². The predicted molar refractivity (Wildman–Crippen MR) is 69.6 cm³/mol. The molecule has 100 valence electrons. The van der Waals surface area contributed by atoms with Crippen molar-refractivity contribution in [1.82, 2.24) is 10.0 Å². The van der Waals surface area contributed by atoms with Crippen LogP contribution in [0.15, 0.2) is 23.1 Å². The second kappa shape index (κ2) is 5.26. The first-order chi connectivity index (χ1) is 8.22. The van der Waals surface area contributed by atoms with E-state index in [1.807, 2.05) is 4.72 Å². The Labute approximate surface area is 107 Å². The number of benzene rings is 1. The van der Waals surface area contributed by atoms with Crippen molar-refractivity contribution >= 4 is 21.7 Å². The standard InChI is InChI=1S/C11H17N3O3S/c1-7(2)13-11(15)14-18(16,17)10-5-4-9(12)6-8(10)3/h4-7H,12H2,1-3H3,(H2,13,14,15). The maximum Gasteiger partial charge on any atom is 0.328 e. The van der Waals surface area contributed by atoms with E-state index < -0.39 is 16.1 Å². The second-order valence-electron chi connectivity index (χ2n) is 4.26. The third-order valence-corrected chi connectivity index (χ3v) is 3.63. The molecule has 0 saturated carbocycles. The Balaban J connectivity index is 2.97. The van der Waals surface area contributed by atoms with Crippen LogP contribution in [0.2, 0.25) is 0 Å². The SMILES string of the molecule is Cc1cc(N)ccc1S(=O)(=O)NC(=O)NC(C)C. The molecule has 0 spiro atoms. The highest BCUT2D eigenvalue weighted by Gasteiger charge is 2.19. The number of carbonyl (C=O) groups is 1. The van der Waals surface area contributed by atoms with E-state index in [9.17, 15) is 13.2 Å². The molecule has 0 saturated heterocycles. The number of sulfonamides is 1. The summed E-state index contributed by atoms with van der Waals surface area (Å²) >= 11 is 0. The number of urea groups is 1. The highest BCUT2D eigenvalue weighted by Crippen LogP contribution is 2.17. The molecule has 1 rings (SSSR count). The summed E-state index contributed by atoms with van der Waals surface area (Å²) in [4.78, 5) is 11.4. The number of aryl methyl sites for hydroxylation is 1. The van der Waals surface area contributed by atoms with Crippen LogP contribution in [-0.4, -0.2) is 20.5 Å². The molecule has 2 amide bonds. The van der Waals surface area contributed by atoms with Crippen molar-refractivity contribution in [1.29, 1.82) is 0 Å². The van der Waals surface area contributed by atoms with Gasteiger partial charge < -0.3 is 11.1 Å². The van der Waals surface area contributed by atoms with Crippen LogP contribution in [0, 0.1) is 6.92 Å². The Morgan fingerprint density at radius 1 is 1.33 bits per heavy atom. The summed E-state index contributed by atoms with van der Waals surface area (Å²) in [6.07, 6.45) is 0. The Hall–Kier alpha value is -1.76. The van der Waals surface area contributed by atoms with Gasteiger partial charge in [0.2, 0.25) is 0 Å². The third kappa shape index (κ3) is 3.63. The molecule has 0 unspecified atom stereocenters. The van der Waals surface area contributed by atoms with Crippen molar-refractivity contribution in [3.63, 3.8) is 0 Å².